The Labute approximate surface area is 132 Å². The number of fused-ring (bicyclic) bond motifs is 5. The van der Waals surface area contributed by atoms with E-state index in [-0.39, 0.29) is 22.7 Å². The van der Waals surface area contributed by atoms with Crippen LogP contribution in [0, 0.1) is 28.6 Å². The van der Waals surface area contributed by atoms with Crippen LogP contribution >= 0.6 is 0 Å². The highest BCUT2D eigenvalue weighted by molar-refractivity contribution is 5.91. The first-order valence-electron chi connectivity index (χ1n) is 8.96. The number of ketones is 1. The van der Waals surface area contributed by atoms with Crippen LogP contribution in [0.2, 0.25) is 0 Å². The zero-order valence-electron chi connectivity index (χ0n) is 13.7. The second kappa shape index (κ2) is 4.67. The quantitative estimate of drug-likeness (QED) is 0.677. The van der Waals surface area contributed by atoms with Gasteiger partial charge in [-0.25, -0.2) is 0 Å². The maximum atomic E-state index is 12.4. The van der Waals surface area contributed by atoms with Crippen molar-refractivity contribution >= 4 is 5.78 Å². The molecule has 0 aromatic carbocycles. The van der Waals surface area contributed by atoms with E-state index in [1.165, 1.54) is 5.57 Å². The molecule has 0 aromatic heterocycles. The molecular formula is C19H28O3. The molecule has 0 radical (unpaired) electrons. The van der Waals surface area contributed by atoms with Crippen LogP contribution in [0.15, 0.2) is 11.6 Å². The normalized spacial score (nSPS) is 54.3. The molecule has 4 unspecified atom stereocenters. The van der Waals surface area contributed by atoms with E-state index in [9.17, 15) is 15.0 Å². The van der Waals surface area contributed by atoms with E-state index in [2.05, 4.69) is 19.9 Å². The van der Waals surface area contributed by atoms with Crippen LogP contribution in [0.25, 0.3) is 0 Å². The molecule has 0 aliphatic heterocycles. The maximum absolute atomic E-state index is 12.4. The number of rotatable bonds is 0. The number of hydrogen-bond acceptors (Lipinski definition) is 3. The summed E-state index contributed by atoms with van der Waals surface area (Å²) in [5.74, 6) is 1.59. The van der Waals surface area contributed by atoms with Crippen LogP contribution in [-0.4, -0.2) is 28.2 Å². The molecule has 3 nitrogen and oxygen atoms in total. The third-order valence-corrected chi connectivity index (χ3v) is 7.81. The number of allylic oxidation sites excluding steroid dienone is 1. The lowest BCUT2D eigenvalue weighted by atomic mass is 9.48. The van der Waals surface area contributed by atoms with Crippen LogP contribution in [0.4, 0.5) is 0 Å². The van der Waals surface area contributed by atoms with Gasteiger partial charge in [0.05, 0.1) is 6.10 Å². The van der Waals surface area contributed by atoms with Crippen molar-refractivity contribution in [3.8, 4) is 0 Å². The molecule has 0 aromatic rings. The lowest BCUT2D eigenvalue weighted by molar-refractivity contribution is -0.136. The largest absolute Gasteiger partial charge is 0.393 e. The third-order valence-electron chi connectivity index (χ3n) is 7.81. The first kappa shape index (κ1) is 14.9. The molecule has 0 spiro atoms. The van der Waals surface area contributed by atoms with E-state index in [4.69, 9.17) is 0 Å². The molecule has 4 aliphatic carbocycles. The topological polar surface area (TPSA) is 57.5 Å². The van der Waals surface area contributed by atoms with Gasteiger partial charge in [0.25, 0.3) is 0 Å². The summed E-state index contributed by atoms with van der Waals surface area (Å²) in [7, 11) is 0. The Morgan fingerprint density at radius 3 is 2.59 bits per heavy atom. The summed E-state index contributed by atoms with van der Waals surface area (Å²) in [6, 6.07) is 0. The van der Waals surface area contributed by atoms with Crippen LogP contribution in [-0.2, 0) is 4.79 Å². The molecule has 4 rings (SSSR count). The number of carbonyl (C=O) groups is 1. The van der Waals surface area contributed by atoms with Gasteiger partial charge < -0.3 is 10.2 Å². The monoisotopic (exact) mass is 304 g/mol. The van der Waals surface area contributed by atoms with E-state index < -0.39 is 6.10 Å². The Morgan fingerprint density at radius 2 is 1.82 bits per heavy atom. The average molecular weight is 304 g/mol. The molecule has 22 heavy (non-hydrogen) atoms. The Kier molecular flexibility index (Phi) is 3.16. The summed E-state index contributed by atoms with van der Waals surface area (Å²) >= 11 is 0. The molecular weight excluding hydrogens is 276 g/mol. The van der Waals surface area contributed by atoms with E-state index in [0.717, 1.165) is 38.5 Å². The predicted octanol–water partition coefficient (Wildman–Crippen LogP) is 2.85. The highest BCUT2D eigenvalue weighted by Gasteiger charge is 2.60. The Morgan fingerprint density at radius 1 is 1.09 bits per heavy atom. The number of Topliss-reactive ketones (excluding diaryl/α,β-unsaturated/α-hetero) is 1. The van der Waals surface area contributed by atoms with Crippen LogP contribution < -0.4 is 0 Å². The first-order valence-corrected chi connectivity index (χ1v) is 8.96. The number of aliphatic hydroxyl groups is 2. The van der Waals surface area contributed by atoms with Gasteiger partial charge in [0.1, 0.15) is 6.10 Å². The van der Waals surface area contributed by atoms with E-state index in [0.29, 0.717) is 24.2 Å². The third kappa shape index (κ3) is 1.78. The summed E-state index contributed by atoms with van der Waals surface area (Å²) in [5, 5.41) is 20.1. The lowest BCUT2D eigenvalue weighted by Crippen LogP contribution is -2.50. The fourth-order valence-corrected chi connectivity index (χ4v) is 6.43. The summed E-state index contributed by atoms with van der Waals surface area (Å²) in [4.78, 5) is 12.4. The Balaban J connectivity index is 1.70. The highest BCUT2D eigenvalue weighted by Crippen LogP contribution is 2.63. The molecule has 3 fully saturated rings. The standard InChI is InChI=1S/C19H28O3/c1-18-7-5-12(20)9-11(18)3-4-13-14(18)6-8-19(2)15(13)10-16(21)17(19)22/h3,12-16,20-21H,4-10H2,1-2H3/t12-,13?,14?,15?,16?,18-,19-/m0/s1. The van der Waals surface area contributed by atoms with Crippen molar-refractivity contribution in [3.05, 3.63) is 11.6 Å². The van der Waals surface area contributed by atoms with Gasteiger partial charge in [-0.15, -0.1) is 0 Å². The zero-order valence-corrected chi connectivity index (χ0v) is 13.7. The van der Waals surface area contributed by atoms with Gasteiger partial charge in [0.15, 0.2) is 5.78 Å². The summed E-state index contributed by atoms with van der Waals surface area (Å²) in [6.07, 6.45) is 8.00. The lowest BCUT2D eigenvalue weighted by Gasteiger charge is -2.56. The van der Waals surface area contributed by atoms with Crippen LogP contribution in [0.3, 0.4) is 0 Å². The molecule has 0 saturated heterocycles. The van der Waals surface area contributed by atoms with E-state index >= 15 is 0 Å². The fraction of sp³-hybridized carbons (Fsp3) is 0.842. The van der Waals surface area contributed by atoms with Crippen molar-refractivity contribution in [2.75, 3.05) is 0 Å². The zero-order chi connectivity index (χ0) is 15.7. The van der Waals surface area contributed by atoms with Crippen molar-refractivity contribution < 1.29 is 15.0 Å². The number of aliphatic hydroxyl groups excluding tert-OH is 2. The van der Waals surface area contributed by atoms with Crippen molar-refractivity contribution in [2.24, 2.45) is 28.6 Å². The molecule has 122 valence electrons. The summed E-state index contributed by atoms with van der Waals surface area (Å²) in [6.45, 7) is 4.48. The van der Waals surface area contributed by atoms with Crippen LogP contribution in [0.5, 0.6) is 0 Å². The Bertz CT molecular complexity index is 539. The fourth-order valence-electron chi connectivity index (χ4n) is 6.43. The first-order chi connectivity index (χ1) is 10.4. The molecule has 7 atom stereocenters. The van der Waals surface area contributed by atoms with Gasteiger partial charge >= 0.3 is 0 Å². The van der Waals surface area contributed by atoms with E-state index in [1.54, 1.807) is 0 Å². The van der Waals surface area contributed by atoms with Crippen molar-refractivity contribution in [2.45, 2.75) is 71.0 Å². The predicted molar refractivity (Wildman–Crippen MR) is 84.1 cm³/mol. The minimum Gasteiger partial charge on any atom is -0.393 e. The number of hydrogen-bond donors (Lipinski definition) is 2. The molecule has 0 heterocycles. The summed E-state index contributed by atoms with van der Waals surface area (Å²) < 4.78 is 0. The summed E-state index contributed by atoms with van der Waals surface area (Å²) in [5.41, 5.74) is 1.37. The van der Waals surface area contributed by atoms with Gasteiger partial charge in [-0.05, 0) is 68.1 Å². The minimum absolute atomic E-state index is 0.0925. The maximum Gasteiger partial charge on any atom is 0.167 e. The van der Waals surface area contributed by atoms with Gasteiger partial charge in [-0.2, -0.15) is 0 Å². The van der Waals surface area contributed by atoms with Crippen molar-refractivity contribution in [1.29, 1.82) is 0 Å². The Hall–Kier alpha value is -0.670. The van der Waals surface area contributed by atoms with Crippen LogP contribution in [0.1, 0.15) is 58.8 Å². The smallest absolute Gasteiger partial charge is 0.167 e. The molecule has 3 saturated carbocycles. The van der Waals surface area contributed by atoms with Crippen molar-refractivity contribution in [1.82, 2.24) is 0 Å². The molecule has 4 aliphatic rings. The number of carbonyl (C=O) groups excluding carboxylic acids is 1. The molecule has 0 bridgehead atoms. The van der Waals surface area contributed by atoms with Gasteiger partial charge in [0, 0.05) is 5.41 Å². The van der Waals surface area contributed by atoms with Gasteiger partial charge in [-0.3, -0.25) is 4.79 Å². The minimum atomic E-state index is -0.736. The van der Waals surface area contributed by atoms with Crippen molar-refractivity contribution in [3.63, 3.8) is 0 Å². The second-order valence-electron chi connectivity index (χ2n) is 8.73. The van der Waals surface area contributed by atoms with E-state index in [1.807, 2.05) is 0 Å². The highest BCUT2D eigenvalue weighted by atomic mass is 16.3. The SMILES string of the molecule is C[C@]12CC[C@H](O)CC1=CCC1C2CC[C@]2(C)C(=O)C(O)CC12. The van der Waals surface area contributed by atoms with Gasteiger partial charge in [-0.1, -0.05) is 25.5 Å². The average Bonchev–Trinajstić information content (AvgIpc) is 2.72. The van der Waals surface area contributed by atoms with Gasteiger partial charge in [0.2, 0.25) is 0 Å². The molecule has 3 heteroatoms. The molecule has 2 N–H and O–H groups in total. The second-order valence-corrected chi connectivity index (χ2v) is 8.73. The molecule has 0 amide bonds.